The van der Waals surface area contributed by atoms with Crippen molar-refractivity contribution < 1.29 is 9.90 Å². The standard InChI is InChI=1S/C14H20N2O2/c1-9-4-3-5-10(2)12(9)8-16-7-11(17)6-13(16)14(15)18/h3-5,11,13,17H,6-8H2,1-2H3,(H2,15,18). The lowest BCUT2D eigenvalue weighted by molar-refractivity contribution is -0.122. The third kappa shape index (κ3) is 2.54. The Balaban J connectivity index is 2.20. The van der Waals surface area contributed by atoms with Crippen molar-refractivity contribution in [3.63, 3.8) is 0 Å². The minimum absolute atomic E-state index is 0.348. The van der Waals surface area contributed by atoms with Crippen LogP contribution in [0.4, 0.5) is 0 Å². The number of hydrogen-bond donors (Lipinski definition) is 2. The summed E-state index contributed by atoms with van der Waals surface area (Å²) in [6.07, 6.45) is -0.00731. The van der Waals surface area contributed by atoms with Crippen LogP contribution in [0.3, 0.4) is 0 Å². The van der Waals surface area contributed by atoms with Crippen LogP contribution >= 0.6 is 0 Å². The first-order valence-electron chi connectivity index (χ1n) is 6.25. The Labute approximate surface area is 107 Å². The predicted octanol–water partition coefficient (Wildman–Crippen LogP) is 0.724. The number of likely N-dealkylation sites (tertiary alicyclic amines) is 1. The zero-order valence-electron chi connectivity index (χ0n) is 10.9. The number of rotatable bonds is 3. The topological polar surface area (TPSA) is 66.6 Å². The van der Waals surface area contributed by atoms with E-state index in [1.165, 1.54) is 16.7 Å². The second kappa shape index (κ2) is 5.08. The molecule has 4 nitrogen and oxygen atoms in total. The molecule has 1 fully saturated rings. The number of nitrogens with zero attached hydrogens (tertiary/aromatic N) is 1. The summed E-state index contributed by atoms with van der Waals surface area (Å²) in [6, 6.07) is 5.81. The van der Waals surface area contributed by atoms with E-state index in [0.717, 1.165) is 0 Å². The largest absolute Gasteiger partial charge is 0.392 e. The average Bonchev–Trinajstić information content (AvgIpc) is 2.65. The number of carbonyl (C=O) groups excluding carboxylic acids is 1. The summed E-state index contributed by atoms with van der Waals surface area (Å²) < 4.78 is 0. The normalized spacial score (nSPS) is 24.4. The van der Waals surface area contributed by atoms with Crippen molar-refractivity contribution in [2.24, 2.45) is 5.73 Å². The van der Waals surface area contributed by atoms with E-state index in [1.807, 2.05) is 11.0 Å². The van der Waals surface area contributed by atoms with Crippen molar-refractivity contribution in [3.05, 3.63) is 34.9 Å². The van der Waals surface area contributed by atoms with Gasteiger partial charge < -0.3 is 10.8 Å². The van der Waals surface area contributed by atoms with Gasteiger partial charge in [-0.05, 0) is 37.0 Å². The summed E-state index contributed by atoms with van der Waals surface area (Å²) >= 11 is 0. The van der Waals surface area contributed by atoms with Crippen LogP contribution in [-0.2, 0) is 11.3 Å². The molecule has 2 rings (SSSR count). The summed E-state index contributed by atoms with van der Waals surface area (Å²) in [5.74, 6) is -0.349. The highest BCUT2D eigenvalue weighted by Gasteiger charge is 2.34. The Morgan fingerprint density at radius 3 is 2.61 bits per heavy atom. The maximum absolute atomic E-state index is 11.4. The lowest BCUT2D eigenvalue weighted by Crippen LogP contribution is -2.40. The van der Waals surface area contributed by atoms with E-state index in [0.29, 0.717) is 19.5 Å². The van der Waals surface area contributed by atoms with Crippen LogP contribution in [0.25, 0.3) is 0 Å². The number of amides is 1. The van der Waals surface area contributed by atoms with Crippen LogP contribution in [0.15, 0.2) is 18.2 Å². The van der Waals surface area contributed by atoms with Crippen LogP contribution < -0.4 is 5.73 Å². The van der Waals surface area contributed by atoms with Gasteiger partial charge in [-0.1, -0.05) is 18.2 Å². The van der Waals surface area contributed by atoms with E-state index >= 15 is 0 Å². The summed E-state index contributed by atoms with van der Waals surface area (Å²) in [7, 11) is 0. The number of β-amino-alcohol motifs (C(OH)–C–C–N with tert-alkyl or cyclic N) is 1. The predicted molar refractivity (Wildman–Crippen MR) is 69.9 cm³/mol. The second-order valence-corrected chi connectivity index (χ2v) is 5.11. The fourth-order valence-electron chi connectivity index (χ4n) is 2.65. The third-order valence-electron chi connectivity index (χ3n) is 3.72. The quantitative estimate of drug-likeness (QED) is 0.828. The first-order chi connectivity index (χ1) is 8.49. The fraction of sp³-hybridized carbons (Fsp3) is 0.500. The minimum Gasteiger partial charge on any atom is -0.392 e. The van der Waals surface area contributed by atoms with Crippen molar-refractivity contribution >= 4 is 5.91 Å². The summed E-state index contributed by atoms with van der Waals surface area (Å²) in [6.45, 7) is 5.31. The zero-order chi connectivity index (χ0) is 13.3. The van der Waals surface area contributed by atoms with Gasteiger partial charge >= 0.3 is 0 Å². The zero-order valence-corrected chi connectivity index (χ0v) is 10.9. The molecule has 2 unspecified atom stereocenters. The summed E-state index contributed by atoms with van der Waals surface area (Å²) in [4.78, 5) is 13.4. The Hall–Kier alpha value is -1.39. The van der Waals surface area contributed by atoms with Gasteiger partial charge in [0.1, 0.15) is 0 Å². The first kappa shape index (κ1) is 13.1. The van der Waals surface area contributed by atoms with E-state index < -0.39 is 6.10 Å². The van der Waals surface area contributed by atoms with Crippen molar-refractivity contribution in [2.45, 2.75) is 39.0 Å². The van der Waals surface area contributed by atoms with E-state index in [1.54, 1.807) is 0 Å². The molecule has 0 aromatic heterocycles. The van der Waals surface area contributed by atoms with Gasteiger partial charge in [-0.15, -0.1) is 0 Å². The van der Waals surface area contributed by atoms with Gasteiger partial charge in [0, 0.05) is 13.1 Å². The molecule has 3 N–H and O–H groups in total. The number of hydrogen-bond acceptors (Lipinski definition) is 3. The maximum atomic E-state index is 11.4. The molecule has 2 atom stereocenters. The number of aliphatic hydroxyl groups excluding tert-OH is 1. The minimum atomic E-state index is -0.452. The van der Waals surface area contributed by atoms with Gasteiger partial charge in [-0.3, -0.25) is 9.69 Å². The molecule has 0 bridgehead atoms. The van der Waals surface area contributed by atoms with Gasteiger partial charge in [0.15, 0.2) is 0 Å². The molecule has 0 spiro atoms. The molecule has 1 aromatic carbocycles. The molecule has 4 heteroatoms. The second-order valence-electron chi connectivity index (χ2n) is 5.11. The lowest BCUT2D eigenvalue weighted by atomic mass is 10.0. The Kier molecular flexibility index (Phi) is 3.68. The highest BCUT2D eigenvalue weighted by molar-refractivity contribution is 5.80. The molecule has 98 valence electrons. The Morgan fingerprint density at radius 1 is 1.44 bits per heavy atom. The van der Waals surface area contributed by atoms with Gasteiger partial charge in [0.25, 0.3) is 0 Å². The van der Waals surface area contributed by atoms with Crippen LogP contribution in [0.1, 0.15) is 23.1 Å². The highest BCUT2D eigenvalue weighted by atomic mass is 16.3. The molecule has 0 saturated carbocycles. The van der Waals surface area contributed by atoms with E-state index in [2.05, 4.69) is 26.0 Å². The average molecular weight is 248 g/mol. The van der Waals surface area contributed by atoms with Crippen LogP contribution in [0.5, 0.6) is 0 Å². The Morgan fingerprint density at radius 2 is 2.06 bits per heavy atom. The van der Waals surface area contributed by atoms with Gasteiger partial charge in [0.2, 0.25) is 5.91 Å². The molecule has 1 saturated heterocycles. The van der Waals surface area contributed by atoms with Gasteiger partial charge in [-0.2, -0.15) is 0 Å². The van der Waals surface area contributed by atoms with Crippen molar-refractivity contribution in [1.29, 1.82) is 0 Å². The van der Waals surface area contributed by atoms with E-state index in [4.69, 9.17) is 5.73 Å². The Bertz CT molecular complexity index is 439. The monoisotopic (exact) mass is 248 g/mol. The fourth-order valence-corrected chi connectivity index (χ4v) is 2.65. The number of nitrogens with two attached hydrogens (primary N) is 1. The number of aliphatic hydroxyl groups is 1. The molecule has 0 radical (unpaired) electrons. The SMILES string of the molecule is Cc1cccc(C)c1CN1CC(O)CC1C(N)=O. The summed E-state index contributed by atoms with van der Waals surface area (Å²) in [5, 5.41) is 9.69. The molecule has 1 aliphatic rings. The molecular weight excluding hydrogens is 228 g/mol. The van der Waals surface area contributed by atoms with Crippen molar-refractivity contribution in [3.8, 4) is 0 Å². The molecule has 18 heavy (non-hydrogen) atoms. The molecule has 1 aliphatic heterocycles. The molecule has 1 aromatic rings. The maximum Gasteiger partial charge on any atom is 0.234 e. The molecular formula is C14H20N2O2. The molecule has 1 amide bonds. The third-order valence-corrected chi connectivity index (χ3v) is 3.72. The highest BCUT2D eigenvalue weighted by Crippen LogP contribution is 2.23. The van der Waals surface area contributed by atoms with Crippen molar-refractivity contribution in [2.75, 3.05) is 6.54 Å². The van der Waals surface area contributed by atoms with Gasteiger partial charge in [0.05, 0.1) is 12.1 Å². The molecule has 0 aliphatic carbocycles. The van der Waals surface area contributed by atoms with E-state index in [9.17, 15) is 9.90 Å². The summed E-state index contributed by atoms with van der Waals surface area (Å²) in [5.41, 5.74) is 9.02. The van der Waals surface area contributed by atoms with E-state index in [-0.39, 0.29) is 11.9 Å². The smallest absolute Gasteiger partial charge is 0.234 e. The number of primary amides is 1. The molecule has 1 heterocycles. The van der Waals surface area contributed by atoms with Crippen LogP contribution in [0.2, 0.25) is 0 Å². The first-order valence-corrected chi connectivity index (χ1v) is 6.25. The lowest BCUT2D eigenvalue weighted by Gasteiger charge is -2.23. The number of benzene rings is 1. The van der Waals surface area contributed by atoms with Crippen LogP contribution in [0, 0.1) is 13.8 Å². The van der Waals surface area contributed by atoms with Crippen LogP contribution in [-0.4, -0.2) is 34.6 Å². The van der Waals surface area contributed by atoms with Crippen molar-refractivity contribution in [1.82, 2.24) is 4.90 Å². The number of aryl methyl sites for hydroxylation is 2. The van der Waals surface area contributed by atoms with Gasteiger partial charge in [-0.25, -0.2) is 0 Å². The number of carbonyl (C=O) groups is 1.